The van der Waals surface area contributed by atoms with E-state index in [1.807, 2.05) is 6.92 Å². The molecule has 9 heteroatoms. The fraction of sp³-hybridized carbons (Fsp3) is 0.688. The zero-order valence-electron chi connectivity index (χ0n) is 14.4. The van der Waals surface area contributed by atoms with Gasteiger partial charge in [0.15, 0.2) is 0 Å². The zero-order chi connectivity index (χ0) is 17.4. The number of rotatable bonds is 7. The molecule has 0 spiro atoms. The summed E-state index contributed by atoms with van der Waals surface area (Å²) >= 11 is 1.19. The number of hydrogen-bond donors (Lipinski definition) is 2. The molecule has 3 N–H and O–H groups in total. The Bertz CT molecular complexity index is 712. The van der Waals surface area contributed by atoms with Crippen LogP contribution in [-0.2, 0) is 21.2 Å². The predicted octanol–water partition coefficient (Wildman–Crippen LogP) is 1.74. The first-order valence-corrected chi connectivity index (χ1v) is 10.7. The number of hydrogen-bond acceptors (Lipinski definition) is 5. The highest BCUT2D eigenvalue weighted by molar-refractivity contribution is 7.91. The molecule has 2 heterocycles. The van der Waals surface area contributed by atoms with Crippen molar-refractivity contribution >= 4 is 39.7 Å². The molecule has 2 aliphatic rings. The number of sulfonamides is 1. The minimum Gasteiger partial charge on any atom is -0.349 e. The van der Waals surface area contributed by atoms with Gasteiger partial charge >= 0.3 is 0 Å². The fourth-order valence-electron chi connectivity index (χ4n) is 3.21. The van der Waals surface area contributed by atoms with Crippen molar-refractivity contribution in [1.82, 2.24) is 9.62 Å². The third-order valence-electron chi connectivity index (χ3n) is 4.96. The predicted molar refractivity (Wildman–Crippen MR) is 102 cm³/mol. The lowest BCUT2D eigenvalue weighted by Crippen LogP contribution is -2.53. The van der Waals surface area contributed by atoms with Crippen molar-refractivity contribution in [3.8, 4) is 0 Å². The Balaban J connectivity index is 0.00000225. The van der Waals surface area contributed by atoms with Crippen LogP contribution in [0.25, 0.3) is 0 Å². The standard InChI is InChI=1S/C16H25N3O3S2.ClH/c1-16(11-17,12-4-5-12)18-14(20)10-13-6-7-15(23-13)24(21,22)19-8-2-3-9-19;/h6-7,12H,2-5,8-11,17H2,1H3,(H,18,20);1H. The number of amides is 1. The molecule has 1 amide bonds. The van der Waals surface area contributed by atoms with Crippen LogP contribution in [0.15, 0.2) is 16.3 Å². The maximum Gasteiger partial charge on any atom is 0.252 e. The molecule has 1 unspecified atom stereocenters. The van der Waals surface area contributed by atoms with Crippen LogP contribution >= 0.6 is 23.7 Å². The molecule has 0 bridgehead atoms. The van der Waals surface area contributed by atoms with E-state index in [2.05, 4.69) is 5.32 Å². The summed E-state index contributed by atoms with van der Waals surface area (Å²) in [5.74, 6) is 0.364. The lowest BCUT2D eigenvalue weighted by molar-refractivity contribution is -0.122. The molecule has 1 saturated heterocycles. The summed E-state index contributed by atoms with van der Waals surface area (Å²) in [5, 5.41) is 3.04. The van der Waals surface area contributed by atoms with Gasteiger partial charge in [-0.05, 0) is 50.7 Å². The summed E-state index contributed by atoms with van der Waals surface area (Å²) in [4.78, 5) is 13.1. The number of halogens is 1. The molecular weight excluding hydrogens is 382 g/mol. The van der Waals surface area contributed by atoms with Gasteiger partial charge in [0, 0.05) is 24.5 Å². The van der Waals surface area contributed by atoms with Crippen molar-refractivity contribution in [1.29, 1.82) is 0 Å². The van der Waals surface area contributed by atoms with Crippen LogP contribution in [0.3, 0.4) is 0 Å². The average Bonchev–Trinajstić information content (AvgIpc) is 3.05. The molecule has 142 valence electrons. The molecule has 1 atom stereocenters. The highest BCUT2D eigenvalue weighted by Gasteiger charge is 2.41. The molecule has 1 aromatic rings. The van der Waals surface area contributed by atoms with E-state index in [-0.39, 0.29) is 30.3 Å². The Labute approximate surface area is 159 Å². The van der Waals surface area contributed by atoms with Gasteiger partial charge in [-0.2, -0.15) is 4.31 Å². The second kappa shape index (κ2) is 7.92. The molecule has 0 aromatic carbocycles. The van der Waals surface area contributed by atoms with Crippen molar-refractivity contribution in [2.75, 3.05) is 19.6 Å². The lowest BCUT2D eigenvalue weighted by Gasteiger charge is -2.29. The van der Waals surface area contributed by atoms with Crippen LogP contribution in [0.4, 0.5) is 0 Å². The van der Waals surface area contributed by atoms with Gasteiger partial charge < -0.3 is 11.1 Å². The van der Waals surface area contributed by atoms with E-state index >= 15 is 0 Å². The summed E-state index contributed by atoms with van der Waals surface area (Å²) in [7, 11) is -3.40. The molecule has 0 radical (unpaired) electrons. The molecule has 3 rings (SSSR count). The van der Waals surface area contributed by atoms with Crippen LogP contribution in [0, 0.1) is 5.92 Å². The Kier molecular flexibility index (Phi) is 6.54. The highest BCUT2D eigenvalue weighted by Crippen LogP contribution is 2.39. The topological polar surface area (TPSA) is 92.5 Å². The Hall–Kier alpha value is -0.670. The largest absolute Gasteiger partial charge is 0.349 e. The Morgan fingerprint density at radius 2 is 2.00 bits per heavy atom. The normalized spacial score (nSPS) is 20.7. The van der Waals surface area contributed by atoms with Gasteiger partial charge in [-0.15, -0.1) is 23.7 Å². The van der Waals surface area contributed by atoms with Crippen molar-refractivity contribution in [2.45, 2.75) is 48.8 Å². The van der Waals surface area contributed by atoms with E-state index in [1.54, 1.807) is 12.1 Å². The molecular formula is C16H26ClN3O3S2. The second-order valence-corrected chi connectivity index (χ2v) is 10.3. The van der Waals surface area contributed by atoms with Crippen molar-refractivity contribution in [3.05, 3.63) is 17.0 Å². The van der Waals surface area contributed by atoms with Crippen LogP contribution in [0.2, 0.25) is 0 Å². The summed E-state index contributed by atoms with van der Waals surface area (Å²) in [6.07, 6.45) is 4.23. The van der Waals surface area contributed by atoms with E-state index in [1.165, 1.54) is 15.6 Å². The quantitative estimate of drug-likeness (QED) is 0.720. The van der Waals surface area contributed by atoms with Crippen molar-refractivity contribution in [2.24, 2.45) is 11.7 Å². The number of nitrogens with two attached hydrogens (primary N) is 1. The average molecular weight is 408 g/mol. The van der Waals surface area contributed by atoms with Gasteiger partial charge in [0.2, 0.25) is 5.91 Å². The van der Waals surface area contributed by atoms with Gasteiger partial charge in [0.1, 0.15) is 4.21 Å². The number of thiophene rings is 1. The molecule has 2 fully saturated rings. The summed E-state index contributed by atoms with van der Waals surface area (Å²) < 4.78 is 26.9. The Morgan fingerprint density at radius 1 is 1.36 bits per heavy atom. The number of nitrogens with one attached hydrogen (secondary N) is 1. The second-order valence-electron chi connectivity index (χ2n) is 6.95. The fourth-order valence-corrected chi connectivity index (χ4v) is 6.23. The smallest absolute Gasteiger partial charge is 0.252 e. The molecule has 6 nitrogen and oxygen atoms in total. The third-order valence-corrected chi connectivity index (χ3v) is 8.41. The van der Waals surface area contributed by atoms with E-state index in [9.17, 15) is 13.2 Å². The van der Waals surface area contributed by atoms with Gasteiger partial charge in [0.05, 0.1) is 12.0 Å². The van der Waals surface area contributed by atoms with E-state index in [4.69, 9.17) is 5.73 Å². The van der Waals surface area contributed by atoms with Crippen LogP contribution < -0.4 is 11.1 Å². The van der Waals surface area contributed by atoms with Gasteiger partial charge in [0.25, 0.3) is 10.0 Å². The monoisotopic (exact) mass is 407 g/mol. The molecule has 1 aliphatic carbocycles. The summed E-state index contributed by atoms with van der Waals surface area (Å²) in [5.41, 5.74) is 5.48. The van der Waals surface area contributed by atoms with Crippen LogP contribution in [0.1, 0.15) is 37.5 Å². The number of carbonyl (C=O) groups excluding carboxylic acids is 1. The molecule has 25 heavy (non-hydrogen) atoms. The van der Waals surface area contributed by atoms with Crippen LogP contribution in [-0.4, -0.2) is 43.8 Å². The summed E-state index contributed by atoms with van der Waals surface area (Å²) in [6, 6.07) is 3.36. The van der Waals surface area contributed by atoms with Crippen molar-refractivity contribution in [3.63, 3.8) is 0 Å². The maximum atomic E-state index is 12.5. The van der Waals surface area contributed by atoms with Gasteiger partial charge in [-0.3, -0.25) is 4.79 Å². The van der Waals surface area contributed by atoms with E-state index in [0.717, 1.165) is 30.6 Å². The summed E-state index contributed by atoms with van der Waals surface area (Å²) in [6.45, 7) is 3.58. The van der Waals surface area contributed by atoms with E-state index in [0.29, 0.717) is 29.8 Å². The van der Waals surface area contributed by atoms with Gasteiger partial charge in [-0.1, -0.05) is 0 Å². The Morgan fingerprint density at radius 3 is 2.56 bits per heavy atom. The molecule has 1 aliphatic heterocycles. The first kappa shape index (κ1) is 20.6. The minimum absolute atomic E-state index is 0. The minimum atomic E-state index is -3.40. The number of nitrogens with zero attached hydrogens (tertiary/aromatic N) is 1. The molecule has 1 aromatic heterocycles. The van der Waals surface area contributed by atoms with Crippen LogP contribution in [0.5, 0.6) is 0 Å². The highest BCUT2D eigenvalue weighted by atomic mass is 35.5. The van der Waals surface area contributed by atoms with E-state index < -0.39 is 10.0 Å². The zero-order valence-corrected chi connectivity index (χ0v) is 16.8. The number of carbonyl (C=O) groups is 1. The SMILES string of the molecule is CC(CN)(NC(=O)Cc1ccc(S(=O)(=O)N2CCCC2)s1)C1CC1.Cl. The van der Waals surface area contributed by atoms with Gasteiger partial charge in [-0.25, -0.2) is 8.42 Å². The lowest BCUT2D eigenvalue weighted by atomic mass is 9.96. The molecule has 1 saturated carbocycles. The first-order chi connectivity index (χ1) is 11.3. The maximum absolute atomic E-state index is 12.5. The van der Waals surface area contributed by atoms with Crippen molar-refractivity contribution < 1.29 is 13.2 Å². The third kappa shape index (κ3) is 4.54. The first-order valence-electron chi connectivity index (χ1n) is 8.45.